The van der Waals surface area contributed by atoms with Gasteiger partial charge in [0.25, 0.3) is 0 Å². The molecule has 1 unspecified atom stereocenters. The molecule has 2 nitrogen and oxygen atoms in total. The first-order valence-corrected chi connectivity index (χ1v) is 7.33. The lowest BCUT2D eigenvalue weighted by Crippen LogP contribution is -2.22. The maximum Gasteiger partial charge on any atom is 0.0456 e. The van der Waals surface area contributed by atoms with Crippen LogP contribution in [-0.2, 0) is 6.42 Å². The molecule has 1 N–H and O–H groups in total. The first-order chi connectivity index (χ1) is 8.29. The van der Waals surface area contributed by atoms with Gasteiger partial charge < -0.3 is 5.32 Å². The van der Waals surface area contributed by atoms with Crippen LogP contribution >= 0.6 is 27.3 Å². The predicted molar refractivity (Wildman–Crippen MR) is 76.4 cm³/mol. The van der Waals surface area contributed by atoms with E-state index >= 15 is 0 Å². The summed E-state index contributed by atoms with van der Waals surface area (Å²) >= 11 is 5.29. The highest BCUT2D eigenvalue weighted by Crippen LogP contribution is 2.27. The van der Waals surface area contributed by atoms with Crippen LogP contribution < -0.4 is 5.32 Å². The van der Waals surface area contributed by atoms with E-state index in [1.165, 1.54) is 10.4 Å². The molecule has 2 aromatic heterocycles. The summed E-state index contributed by atoms with van der Waals surface area (Å²) in [6.45, 7) is 3.11. The number of nitrogens with zero attached hydrogens (tertiary/aromatic N) is 1. The molecule has 0 fully saturated rings. The number of rotatable bonds is 5. The molecular weight excluding hydrogens is 296 g/mol. The summed E-state index contributed by atoms with van der Waals surface area (Å²) in [7, 11) is 0. The van der Waals surface area contributed by atoms with Crippen molar-refractivity contribution in [2.75, 3.05) is 6.54 Å². The Morgan fingerprint density at radius 1 is 1.53 bits per heavy atom. The van der Waals surface area contributed by atoms with E-state index < -0.39 is 0 Å². The molecule has 0 aliphatic heterocycles. The topological polar surface area (TPSA) is 24.9 Å². The number of aromatic nitrogens is 1. The quantitative estimate of drug-likeness (QED) is 0.908. The van der Waals surface area contributed by atoms with Crippen LogP contribution in [0, 0.1) is 0 Å². The summed E-state index contributed by atoms with van der Waals surface area (Å²) in [4.78, 5) is 5.53. The van der Waals surface area contributed by atoms with Gasteiger partial charge in [-0.25, -0.2) is 0 Å². The third kappa shape index (κ3) is 3.63. The van der Waals surface area contributed by atoms with Gasteiger partial charge in [0, 0.05) is 33.2 Å². The highest BCUT2D eigenvalue weighted by molar-refractivity contribution is 9.10. The Bertz CT molecular complexity index is 455. The van der Waals surface area contributed by atoms with Gasteiger partial charge in [-0.2, -0.15) is 0 Å². The summed E-state index contributed by atoms with van der Waals surface area (Å²) in [5.41, 5.74) is 1.27. The lowest BCUT2D eigenvalue weighted by atomic mass is 10.1. The van der Waals surface area contributed by atoms with Crippen molar-refractivity contribution in [3.05, 3.63) is 50.9 Å². The molecule has 4 heteroatoms. The average molecular weight is 311 g/mol. The number of hydrogen-bond donors (Lipinski definition) is 1. The van der Waals surface area contributed by atoms with Crippen molar-refractivity contribution in [1.82, 2.24) is 10.3 Å². The van der Waals surface area contributed by atoms with Gasteiger partial charge >= 0.3 is 0 Å². The Labute approximate surface area is 114 Å². The Kier molecular flexibility index (Phi) is 4.71. The monoisotopic (exact) mass is 310 g/mol. The molecule has 0 aromatic carbocycles. The van der Waals surface area contributed by atoms with Crippen molar-refractivity contribution in [1.29, 1.82) is 0 Å². The standard InChI is InChI=1S/C13H15BrN2S/c1-2-16-12(13-7-11(14)9-17-13)6-10-4-3-5-15-8-10/h3-5,7-9,12,16H,2,6H2,1H3. The Hall–Kier alpha value is -0.710. The number of pyridine rings is 1. The van der Waals surface area contributed by atoms with E-state index in [2.05, 4.69) is 50.7 Å². The van der Waals surface area contributed by atoms with E-state index in [0.717, 1.165) is 17.4 Å². The van der Waals surface area contributed by atoms with Crippen LogP contribution in [0.15, 0.2) is 40.4 Å². The molecule has 2 heterocycles. The summed E-state index contributed by atoms with van der Waals surface area (Å²) in [6.07, 6.45) is 4.73. The van der Waals surface area contributed by atoms with Gasteiger partial charge in [-0.1, -0.05) is 13.0 Å². The zero-order valence-electron chi connectivity index (χ0n) is 9.69. The van der Waals surface area contributed by atoms with Gasteiger partial charge in [0.1, 0.15) is 0 Å². The zero-order valence-corrected chi connectivity index (χ0v) is 12.1. The molecule has 17 heavy (non-hydrogen) atoms. The fraction of sp³-hybridized carbons (Fsp3) is 0.308. The molecule has 0 aliphatic rings. The molecule has 0 saturated carbocycles. The van der Waals surface area contributed by atoms with E-state index in [9.17, 15) is 0 Å². The van der Waals surface area contributed by atoms with Crippen LogP contribution in [0.5, 0.6) is 0 Å². The molecule has 0 amide bonds. The SMILES string of the molecule is CCNC(Cc1cccnc1)c1cc(Br)cs1. The second-order valence-electron chi connectivity index (χ2n) is 3.84. The van der Waals surface area contributed by atoms with Crippen molar-refractivity contribution in [3.8, 4) is 0 Å². The van der Waals surface area contributed by atoms with Gasteiger partial charge in [0.2, 0.25) is 0 Å². The van der Waals surface area contributed by atoms with E-state index in [1.54, 1.807) is 11.3 Å². The number of halogens is 1. The van der Waals surface area contributed by atoms with Crippen LogP contribution in [0.1, 0.15) is 23.4 Å². The number of nitrogens with one attached hydrogen (secondary N) is 1. The Morgan fingerprint density at radius 3 is 3.00 bits per heavy atom. The minimum atomic E-state index is 0.375. The van der Waals surface area contributed by atoms with Crippen molar-refractivity contribution in [3.63, 3.8) is 0 Å². The van der Waals surface area contributed by atoms with E-state index in [0.29, 0.717) is 6.04 Å². The summed E-state index contributed by atoms with van der Waals surface area (Å²) in [6, 6.07) is 6.68. The normalized spacial score (nSPS) is 12.6. The fourth-order valence-electron chi connectivity index (χ4n) is 1.79. The maximum atomic E-state index is 4.16. The second kappa shape index (κ2) is 6.28. The van der Waals surface area contributed by atoms with Gasteiger partial charge in [0.05, 0.1) is 0 Å². The fourth-order valence-corrected chi connectivity index (χ4v) is 3.31. The van der Waals surface area contributed by atoms with Gasteiger partial charge in [-0.05, 0) is 46.6 Å². The Balaban J connectivity index is 2.13. The molecule has 0 aliphatic carbocycles. The number of likely N-dealkylation sites (N-methyl/N-ethyl adjacent to an activating group) is 1. The van der Waals surface area contributed by atoms with Crippen molar-refractivity contribution >= 4 is 27.3 Å². The highest BCUT2D eigenvalue weighted by Gasteiger charge is 2.13. The molecule has 0 saturated heterocycles. The highest BCUT2D eigenvalue weighted by atomic mass is 79.9. The zero-order chi connectivity index (χ0) is 12.1. The third-order valence-corrected chi connectivity index (χ3v) is 4.35. The lowest BCUT2D eigenvalue weighted by Gasteiger charge is -2.16. The van der Waals surface area contributed by atoms with Crippen molar-refractivity contribution in [2.24, 2.45) is 0 Å². The van der Waals surface area contributed by atoms with Crippen LogP contribution in [-0.4, -0.2) is 11.5 Å². The van der Waals surface area contributed by atoms with Crippen LogP contribution in [0.4, 0.5) is 0 Å². The summed E-state index contributed by atoms with van der Waals surface area (Å²) < 4.78 is 1.16. The average Bonchev–Trinajstić information content (AvgIpc) is 2.77. The third-order valence-electron chi connectivity index (χ3n) is 2.54. The van der Waals surface area contributed by atoms with Crippen molar-refractivity contribution < 1.29 is 0 Å². The van der Waals surface area contributed by atoms with Gasteiger partial charge in [0.15, 0.2) is 0 Å². The second-order valence-corrected chi connectivity index (χ2v) is 5.70. The first kappa shape index (κ1) is 12.7. The molecule has 0 spiro atoms. The smallest absolute Gasteiger partial charge is 0.0456 e. The molecular formula is C13H15BrN2S. The van der Waals surface area contributed by atoms with Crippen LogP contribution in [0.2, 0.25) is 0 Å². The molecule has 1 atom stereocenters. The van der Waals surface area contributed by atoms with E-state index in [1.807, 2.05) is 18.5 Å². The van der Waals surface area contributed by atoms with E-state index in [-0.39, 0.29) is 0 Å². The lowest BCUT2D eigenvalue weighted by molar-refractivity contribution is 0.557. The van der Waals surface area contributed by atoms with Crippen molar-refractivity contribution in [2.45, 2.75) is 19.4 Å². The molecule has 2 rings (SSSR count). The summed E-state index contributed by atoms with van der Waals surface area (Å²) in [5, 5.41) is 5.65. The number of hydrogen-bond acceptors (Lipinski definition) is 3. The van der Waals surface area contributed by atoms with Gasteiger partial charge in [-0.3, -0.25) is 4.98 Å². The van der Waals surface area contributed by atoms with Gasteiger partial charge in [-0.15, -0.1) is 11.3 Å². The predicted octanol–water partition coefficient (Wildman–Crippen LogP) is 3.80. The first-order valence-electron chi connectivity index (χ1n) is 5.66. The molecule has 90 valence electrons. The molecule has 0 bridgehead atoms. The molecule has 2 aromatic rings. The molecule has 0 radical (unpaired) electrons. The number of thiophene rings is 1. The maximum absolute atomic E-state index is 4.16. The van der Waals surface area contributed by atoms with E-state index in [4.69, 9.17) is 0 Å². The summed E-state index contributed by atoms with van der Waals surface area (Å²) in [5.74, 6) is 0. The Morgan fingerprint density at radius 2 is 2.41 bits per heavy atom. The van der Waals surface area contributed by atoms with Crippen LogP contribution in [0.3, 0.4) is 0 Å². The van der Waals surface area contributed by atoms with Crippen LogP contribution in [0.25, 0.3) is 0 Å². The largest absolute Gasteiger partial charge is 0.309 e. The minimum Gasteiger partial charge on any atom is -0.309 e. The minimum absolute atomic E-state index is 0.375.